The largest absolute Gasteiger partial charge is 0.310 e. The van der Waals surface area contributed by atoms with Gasteiger partial charge in [0.25, 0.3) is 0 Å². The third-order valence-corrected chi connectivity index (χ3v) is 3.90. The molecule has 1 aromatic heterocycles. The topological polar surface area (TPSA) is 29.9 Å². The SMILES string of the molecule is CCCCCCn1nc(C)c(CNC2CC2)c1C. The number of unbranched alkanes of at least 4 members (excludes halogenated alkanes) is 3. The lowest BCUT2D eigenvalue weighted by Gasteiger charge is -2.06. The Kier molecular flexibility index (Phi) is 4.81. The maximum absolute atomic E-state index is 4.68. The van der Waals surface area contributed by atoms with Crippen molar-refractivity contribution in [2.24, 2.45) is 0 Å². The molecule has 1 aliphatic carbocycles. The number of aromatic nitrogens is 2. The van der Waals surface area contributed by atoms with Crippen LogP contribution >= 0.6 is 0 Å². The Morgan fingerprint density at radius 3 is 2.67 bits per heavy atom. The van der Waals surface area contributed by atoms with Crippen molar-refractivity contribution in [2.75, 3.05) is 0 Å². The maximum atomic E-state index is 4.68. The first kappa shape index (κ1) is 13.6. The van der Waals surface area contributed by atoms with E-state index in [0.29, 0.717) is 0 Å². The van der Waals surface area contributed by atoms with Gasteiger partial charge in [0.15, 0.2) is 0 Å². The highest BCUT2D eigenvalue weighted by atomic mass is 15.3. The first-order valence-corrected chi connectivity index (χ1v) is 7.48. The number of hydrogen-bond donors (Lipinski definition) is 1. The number of rotatable bonds is 8. The molecule has 18 heavy (non-hydrogen) atoms. The summed E-state index contributed by atoms with van der Waals surface area (Å²) in [5.41, 5.74) is 3.98. The zero-order valence-electron chi connectivity index (χ0n) is 12.1. The molecule has 0 atom stereocenters. The van der Waals surface area contributed by atoms with Crippen LogP contribution in [0.25, 0.3) is 0 Å². The molecule has 3 heteroatoms. The van der Waals surface area contributed by atoms with Gasteiger partial charge < -0.3 is 5.32 Å². The Morgan fingerprint density at radius 2 is 2.00 bits per heavy atom. The van der Waals surface area contributed by atoms with Crippen molar-refractivity contribution in [2.45, 2.75) is 78.4 Å². The predicted octanol–water partition coefficient (Wildman–Crippen LogP) is 3.33. The summed E-state index contributed by atoms with van der Waals surface area (Å²) in [6, 6.07) is 0.775. The highest BCUT2D eigenvalue weighted by Gasteiger charge is 2.21. The van der Waals surface area contributed by atoms with E-state index in [1.807, 2.05) is 0 Å². The molecule has 1 heterocycles. The minimum Gasteiger partial charge on any atom is -0.310 e. The molecule has 0 unspecified atom stereocenters. The molecule has 1 N–H and O–H groups in total. The van der Waals surface area contributed by atoms with Crippen molar-refractivity contribution in [3.63, 3.8) is 0 Å². The van der Waals surface area contributed by atoms with Crippen LogP contribution < -0.4 is 5.32 Å². The van der Waals surface area contributed by atoms with Gasteiger partial charge in [-0.2, -0.15) is 5.10 Å². The zero-order valence-corrected chi connectivity index (χ0v) is 12.1. The molecule has 1 aromatic rings. The third-order valence-electron chi connectivity index (χ3n) is 3.90. The number of hydrogen-bond acceptors (Lipinski definition) is 2. The second kappa shape index (κ2) is 6.37. The average Bonchev–Trinajstić information content (AvgIpc) is 3.13. The molecule has 1 saturated carbocycles. The minimum absolute atomic E-state index is 0.775. The molecule has 0 saturated heterocycles. The van der Waals surface area contributed by atoms with Crippen LogP contribution in [0, 0.1) is 13.8 Å². The van der Waals surface area contributed by atoms with Gasteiger partial charge in [-0.1, -0.05) is 26.2 Å². The van der Waals surface area contributed by atoms with Gasteiger partial charge in [0.1, 0.15) is 0 Å². The lowest BCUT2D eigenvalue weighted by molar-refractivity contribution is 0.528. The van der Waals surface area contributed by atoms with E-state index in [1.165, 1.54) is 55.5 Å². The van der Waals surface area contributed by atoms with Gasteiger partial charge >= 0.3 is 0 Å². The molecule has 0 aliphatic heterocycles. The van der Waals surface area contributed by atoms with Crippen LogP contribution in [-0.2, 0) is 13.1 Å². The summed E-state index contributed by atoms with van der Waals surface area (Å²) < 4.78 is 2.20. The first-order chi connectivity index (χ1) is 8.72. The molecule has 0 aromatic carbocycles. The van der Waals surface area contributed by atoms with E-state index < -0.39 is 0 Å². The van der Waals surface area contributed by atoms with E-state index in [4.69, 9.17) is 0 Å². The van der Waals surface area contributed by atoms with Crippen LogP contribution in [0.15, 0.2) is 0 Å². The van der Waals surface area contributed by atoms with E-state index in [0.717, 1.165) is 19.1 Å². The lowest BCUT2D eigenvalue weighted by atomic mass is 10.2. The molecule has 1 aliphatic rings. The molecular weight excluding hydrogens is 222 g/mol. The molecule has 0 radical (unpaired) electrons. The van der Waals surface area contributed by atoms with Gasteiger partial charge in [-0.05, 0) is 33.1 Å². The summed E-state index contributed by atoms with van der Waals surface area (Å²) in [6.45, 7) is 8.68. The second-order valence-corrected chi connectivity index (χ2v) is 5.59. The number of nitrogens with zero attached hydrogens (tertiary/aromatic N) is 2. The summed E-state index contributed by atoms with van der Waals surface area (Å²) >= 11 is 0. The second-order valence-electron chi connectivity index (χ2n) is 5.59. The van der Waals surface area contributed by atoms with Crippen LogP contribution in [0.4, 0.5) is 0 Å². The summed E-state index contributed by atoms with van der Waals surface area (Å²) in [5.74, 6) is 0. The third kappa shape index (κ3) is 3.58. The fourth-order valence-corrected chi connectivity index (χ4v) is 2.43. The lowest BCUT2D eigenvalue weighted by Crippen LogP contribution is -2.16. The summed E-state index contributed by atoms with van der Waals surface area (Å²) in [5, 5.41) is 8.27. The van der Waals surface area contributed by atoms with E-state index in [-0.39, 0.29) is 0 Å². The van der Waals surface area contributed by atoms with E-state index in [9.17, 15) is 0 Å². The average molecular weight is 249 g/mol. The Bertz CT molecular complexity index is 377. The first-order valence-electron chi connectivity index (χ1n) is 7.48. The molecule has 0 amide bonds. The van der Waals surface area contributed by atoms with Crippen LogP contribution in [0.5, 0.6) is 0 Å². The van der Waals surface area contributed by atoms with Gasteiger partial charge in [-0.25, -0.2) is 0 Å². The molecule has 2 rings (SSSR count). The molecule has 1 fully saturated rings. The van der Waals surface area contributed by atoms with Crippen molar-refractivity contribution >= 4 is 0 Å². The highest BCUT2D eigenvalue weighted by molar-refractivity contribution is 5.24. The molecule has 3 nitrogen and oxygen atoms in total. The fraction of sp³-hybridized carbons (Fsp3) is 0.800. The van der Waals surface area contributed by atoms with E-state index in [2.05, 4.69) is 35.9 Å². The smallest absolute Gasteiger partial charge is 0.0641 e. The standard InChI is InChI=1S/C15H27N3/c1-4-5-6-7-10-18-13(3)15(12(2)17-18)11-16-14-8-9-14/h14,16H,4-11H2,1-3H3. The number of aryl methyl sites for hydroxylation is 2. The van der Waals surface area contributed by atoms with Gasteiger partial charge in [0.2, 0.25) is 0 Å². The van der Waals surface area contributed by atoms with Crippen molar-refractivity contribution in [1.29, 1.82) is 0 Å². The van der Waals surface area contributed by atoms with Crippen molar-refractivity contribution in [3.8, 4) is 0 Å². The van der Waals surface area contributed by atoms with Crippen LogP contribution in [0.3, 0.4) is 0 Å². The molecule has 0 bridgehead atoms. The highest BCUT2D eigenvalue weighted by Crippen LogP contribution is 2.21. The number of nitrogens with one attached hydrogen (secondary N) is 1. The Hall–Kier alpha value is -0.830. The van der Waals surface area contributed by atoms with E-state index in [1.54, 1.807) is 0 Å². The fourth-order valence-electron chi connectivity index (χ4n) is 2.43. The van der Waals surface area contributed by atoms with Crippen molar-refractivity contribution in [1.82, 2.24) is 15.1 Å². The van der Waals surface area contributed by atoms with Crippen LogP contribution in [0.2, 0.25) is 0 Å². The predicted molar refractivity (Wildman–Crippen MR) is 75.7 cm³/mol. The van der Waals surface area contributed by atoms with E-state index >= 15 is 0 Å². The van der Waals surface area contributed by atoms with Gasteiger partial charge in [0, 0.05) is 30.4 Å². The van der Waals surface area contributed by atoms with Crippen molar-refractivity contribution in [3.05, 3.63) is 17.0 Å². The zero-order chi connectivity index (χ0) is 13.0. The minimum atomic E-state index is 0.775. The summed E-state index contributed by atoms with van der Waals surface area (Å²) in [7, 11) is 0. The van der Waals surface area contributed by atoms with Crippen molar-refractivity contribution < 1.29 is 0 Å². The quantitative estimate of drug-likeness (QED) is 0.716. The van der Waals surface area contributed by atoms with Gasteiger partial charge in [0.05, 0.1) is 5.69 Å². The van der Waals surface area contributed by atoms with Crippen LogP contribution in [0.1, 0.15) is 62.4 Å². The summed E-state index contributed by atoms with van der Waals surface area (Å²) in [4.78, 5) is 0. The monoisotopic (exact) mass is 249 g/mol. The maximum Gasteiger partial charge on any atom is 0.0641 e. The normalized spacial score (nSPS) is 15.3. The molecule has 102 valence electrons. The van der Waals surface area contributed by atoms with Crippen LogP contribution in [-0.4, -0.2) is 15.8 Å². The Balaban J connectivity index is 1.87. The molecular formula is C15H27N3. The van der Waals surface area contributed by atoms with Gasteiger partial charge in [-0.3, -0.25) is 4.68 Å². The Labute approximate surface area is 111 Å². The Morgan fingerprint density at radius 1 is 1.22 bits per heavy atom. The molecule has 0 spiro atoms. The van der Waals surface area contributed by atoms with Gasteiger partial charge in [-0.15, -0.1) is 0 Å². The summed E-state index contributed by atoms with van der Waals surface area (Å²) in [6.07, 6.45) is 7.92.